The van der Waals surface area contributed by atoms with Gasteiger partial charge in [-0.1, -0.05) is 23.7 Å². The number of aliphatic hydroxyl groups is 1. The normalized spacial score (nSPS) is 15.1. The number of anilines is 2. The van der Waals surface area contributed by atoms with Gasteiger partial charge in [-0.15, -0.1) is 0 Å². The summed E-state index contributed by atoms with van der Waals surface area (Å²) in [5.74, 6) is 0.761. The van der Waals surface area contributed by atoms with E-state index in [0.717, 1.165) is 11.4 Å². The molecule has 0 unspecified atom stereocenters. The summed E-state index contributed by atoms with van der Waals surface area (Å²) in [6.07, 6.45) is 1.72. The van der Waals surface area contributed by atoms with Crippen LogP contribution in [-0.4, -0.2) is 47.2 Å². The van der Waals surface area contributed by atoms with Gasteiger partial charge in [0.2, 0.25) is 0 Å². The van der Waals surface area contributed by atoms with E-state index < -0.39 is 5.60 Å². The molecule has 1 aromatic carbocycles. The van der Waals surface area contributed by atoms with Gasteiger partial charge in [-0.05, 0) is 43.7 Å². The summed E-state index contributed by atoms with van der Waals surface area (Å²) in [5, 5.41) is 13.5. The van der Waals surface area contributed by atoms with Crippen molar-refractivity contribution < 1.29 is 9.90 Å². The van der Waals surface area contributed by atoms with Gasteiger partial charge >= 0.3 is 6.03 Å². The molecule has 26 heavy (non-hydrogen) atoms. The first-order valence-corrected chi connectivity index (χ1v) is 8.97. The number of pyridine rings is 1. The lowest BCUT2D eigenvalue weighted by Gasteiger charge is -2.35. The van der Waals surface area contributed by atoms with Crippen molar-refractivity contribution in [3.8, 4) is 0 Å². The lowest BCUT2D eigenvalue weighted by Crippen LogP contribution is -2.50. The molecule has 0 aliphatic carbocycles. The van der Waals surface area contributed by atoms with E-state index in [2.05, 4.69) is 15.2 Å². The predicted molar refractivity (Wildman–Crippen MR) is 104 cm³/mol. The summed E-state index contributed by atoms with van der Waals surface area (Å²) in [6, 6.07) is 10.7. The SMILES string of the molecule is CC(C)(O)c1ccc(NC(=O)N2CCN(c3ncccc3Cl)CC2)cc1. The molecule has 0 bridgehead atoms. The number of amides is 2. The third-order valence-electron chi connectivity index (χ3n) is 4.45. The molecule has 2 heterocycles. The molecule has 1 aliphatic rings. The molecule has 7 heteroatoms. The van der Waals surface area contributed by atoms with Crippen molar-refractivity contribution in [2.24, 2.45) is 0 Å². The van der Waals surface area contributed by atoms with Crippen LogP contribution in [-0.2, 0) is 5.60 Å². The Bertz CT molecular complexity index is 766. The van der Waals surface area contributed by atoms with E-state index in [1.54, 1.807) is 43.1 Å². The fraction of sp³-hybridized carbons (Fsp3) is 0.368. The molecule has 6 nitrogen and oxygen atoms in total. The fourth-order valence-electron chi connectivity index (χ4n) is 2.90. The number of benzene rings is 1. The molecule has 1 aliphatic heterocycles. The number of carbonyl (C=O) groups is 1. The number of piperazine rings is 1. The highest BCUT2D eigenvalue weighted by molar-refractivity contribution is 6.32. The highest BCUT2D eigenvalue weighted by Gasteiger charge is 2.23. The van der Waals surface area contributed by atoms with Crippen LogP contribution in [0.5, 0.6) is 0 Å². The van der Waals surface area contributed by atoms with E-state index in [9.17, 15) is 9.90 Å². The fourth-order valence-corrected chi connectivity index (χ4v) is 3.14. The summed E-state index contributed by atoms with van der Waals surface area (Å²) in [5.41, 5.74) is 0.612. The number of aromatic nitrogens is 1. The van der Waals surface area contributed by atoms with Crippen LogP contribution < -0.4 is 10.2 Å². The first-order chi connectivity index (χ1) is 12.3. The van der Waals surface area contributed by atoms with E-state index in [-0.39, 0.29) is 6.03 Å². The second-order valence-corrected chi connectivity index (χ2v) is 7.26. The molecule has 1 fully saturated rings. The van der Waals surface area contributed by atoms with Crippen LogP contribution in [0.15, 0.2) is 42.6 Å². The Balaban J connectivity index is 1.56. The minimum atomic E-state index is -0.897. The molecule has 3 rings (SSSR count). The number of hydrogen-bond acceptors (Lipinski definition) is 4. The molecule has 138 valence electrons. The topological polar surface area (TPSA) is 68.7 Å². The van der Waals surface area contributed by atoms with Crippen LogP contribution in [0.4, 0.5) is 16.3 Å². The highest BCUT2D eigenvalue weighted by Crippen LogP contribution is 2.24. The quantitative estimate of drug-likeness (QED) is 0.864. The smallest absolute Gasteiger partial charge is 0.321 e. The lowest BCUT2D eigenvalue weighted by atomic mass is 9.98. The maximum absolute atomic E-state index is 12.5. The summed E-state index contributed by atoms with van der Waals surface area (Å²) in [7, 11) is 0. The lowest BCUT2D eigenvalue weighted by molar-refractivity contribution is 0.0786. The molecule has 2 aromatic rings. The van der Waals surface area contributed by atoms with Crippen LogP contribution >= 0.6 is 11.6 Å². The van der Waals surface area contributed by atoms with Gasteiger partial charge in [-0.3, -0.25) is 0 Å². The van der Waals surface area contributed by atoms with E-state index >= 15 is 0 Å². The van der Waals surface area contributed by atoms with Crippen LogP contribution in [0.3, 0.4) is 0 Å². The minimum absolute atomic E-state index is 0.132. The number of nitrogens with one attached hydrogen (secondary N) is 1. The Kier molecular flexibility index (Phi) is 5.34. The van der Waals surface area contributed by atoms with Gasteiger partial charge in [0.05, 0.1) is 10.6 Å². The van der Waals surface area contributed by atoms with Gasteiger partial charge in [0.1, 0.15) is 5.82 Å². The monoisotopic (exact) mass is 374 g/mol. The van der Waals surface area contributed by atoms with Crippen molar-refractivity contribution in [1.29, 1.82) is 0 Å². The van der Waals surface area contributed by atoms with Crippen molar-refractivity contribution in [3.05, 3.63) is 53.2 Å². The van der Waals surface area contributed by atoms with Gasteiger partial charge in [0.25, 0.3) is 0 Å². The Morgan fingerprint density at radius 3 is 2.38 bits per heavy atom. The molecular formula is C19H23ClN4O2. The predicted octanol–water partition coefficient (Wildman–Crippen LogP) is 3.32. The number of urea groups is 1. The molecule has 1 saturated heterocycles. The van der Waals surface area contributed by atoms with E-state index in [4.69, 9.17) is 11.6 Å². The Morgan fingerprint density at radius 2 is 1.81 bits per heavy atom. The number of nitrogens with zero attached hydrogens (tertiary/aromatic N) is 3. The summed E-state index contributed by atoms with van der Waals surface area (Å²) >= 11 is 6.19. The zero-order chi connectivity index (χ0) is 18.7. The van der Waals surface area contributed by atoms with E-state index in [1.807, 2.05) is 18.2 Å². The zero-order valence-electron chi connectivity index (χ0n) is 14.9. The second kappa shape index (κ2) is 7.51. The van der Waals surface area contributed by atoms with E-state index in [0.29, 0.717) is 36.9 Å². The number of halogens is 1. The standard InChI is InChI=1S/C19H23ClN4O2/c1-19(2,26)14-5-7-15(8-6-14)22-18(25)24-12-10-23(11-13-24)17-16(20)4-3-9-21-17/h3-9,26H,10-13H2,1-2H3,(H,22,25). The third-order valence-corrected chi connectivity index (χ3v) is 4.74. The Morgan fingerprint density at radius 1 is 1.15 bits per heavy atom. The van der Waals surface area contributed by atoms with Gasteiger partial charge in [0, 0.05) is 38.1 Å². The molecule has 0 radical (unpaired) electrons. The third kappa shape index (κ3) is 4.26. The van der Waals surface area contributed by atoms with Gasteiger partial charge in [0.15, 0.2) is 0 Å². The van der Waals surface area contributed by atoms with E-state index in [1.165, 1.54) is 0 Å². The maximum atomic E-state index is 12.5. The molecule has 2 amide bonds. The average molecular weight is 375 g/mol. The number of rotatable bonds is 3. The molecule has 0 saturated carbocycles. The molecule has 0 spiro atoms. The summed E-state index contributed by atoms with van der Waals surface area (Å²) in [4.78, 5) is 20.6. The summed E-state index contributed by atoms with van der Waals surface area (Å²) < 4.78 is 0. The maximum Gasteiger partial charge on any atom is 0.321 e. The van der Waals surface area contributed by atoms with Crippen LogP contribution in [0.1, 0.15) is 19.4 Å². The number of hydrogen-bond donors (Lipinski definition) is 2. The molecular weight excluding hydrogens is 352 g/mol. The molecule has 2 N–H and O–H groups in total. The first-order valence-electron chi connectivity index (χ1n) is 8.59. The zero-order valence-corrected chi connectivity index (χ0v) is 15.7. The largest absolute Gasteiger partial charge is 0.386 e. The Labute approximate surface area is 158 Å². The first kappa shape index (κ1) is 18.5. The van der Waals surface area contributed by atoms with Crippen molar-refractivity contribution >= 4 is 29.1 Å². The minimum Gasteiger partial charge on any atom is -0.386 e. The van der Waals surface area contributed by atoms with Crippen molar-refractivity contribution in [2.75, 3.05) is 36.4 Å². The molecule has 1 aromatic heterocycles. The van der Waals surface area contributed by atoms with Crippen molar-refractivity contribution in [2.45, 2.75) is 19.4 Å². The van der Waals surface area contributed by atoms with Gasteiger partial charge in [-0.2, -0.15) is 0 Å². The summed E-state index contributed by atoms with van der Waals surface area (Å²) in [6.45, 7) is 6.02. The average Bonchev–Trinajstić information content (AvgIpc) is 2.62. The second-order valence-electron chi connectivity index (χ2n) is 6.85. The van der Waals surface area contributed by atoms with Crippen LogP contribution in [0, 0.1) is 0 Å². The van der Waals surface area contributed by atoms with Crippen LogP contribution in [0.25, 0.3) is 0 Å². The van der Waals surface area contributed by atoms with Crippen molar-refractivity contribution in [3.63, 3.8) is 0 Å². The van der Waals surface area contributed by atoms with Gasteiger partial charge < -0.3 is 20.2 Å². The number of carbonyl (C=O) groups excluding carboxylic acids is 1. The van der Waals surface area contributed by atoms with Crippen molar-refractivity contribution in [1.82, 2.24) is 9.88 Å². The van der Waals surface area contributed by atoms with Gasteiger partial charge in [-0.25, -0.2) is 9.78 Å². The van der Waals surface area contributed by atoms with Crippen LogP contribution in [0.2, 0.25) is 5.02 Å². The highest BCUT2D eigenvalue weighted by atomic mass is 35.5. The Hall–Kier alpha value is -2.31. The molecule has 0 atom stereocenters.